The van der Waals surface area contributed by atoms with Gasteiger partial charge in [-0.05, 0) is 28.3 Å². The van der Waals surface area contributed by atoms with Crippen LogP contribution in [0.5, 0.6) is 0 Å². The molecule has 0 aliphatic rings. The Kier molecular flexibility index (Phi) is 6.19. The van der Waals surface area contributed by atoms with Crippen LogP contribution in [-0.2, 0) is 16.1 Å². The molecule has 0 bridgehead atoms. The van der Waals surface area contributed by atoms with Crippen molar-refractivity contribution in [3.05, 3.63) is 21.0 Å². The van der Waals surface area contributed by atoms with E-state index in [0.717, 1.165) is 6.42 Å². The molecule has 6 nitrogen and oxygen atoms in total. The van der Waals surface area contributed by atoms with Crippen LogP contribution in [-0.4, -0.2) is 28.9 Å². The molecule has 20 heavy (non-hydrogen) atoms. The number of rotatable bonds is 6. The van der Waals surface area contributed by atoms with Crippen molar-refractivity contribution < 1.29 is 9.53 Å². The molecule has 112 valence electrons. The van der Waals surface area contributed by atoms with Gasteiger partial charge in [0.25, 0.3) is 5.56 Å². The molecule has 0 saturated carbocycles. The molecule has 1 aromatic heterocycles. The second-order valence-electron chi connectivity index (χ2n) is 4.79. The Morgan fingerprint density at radius 2 is 2.20 bits per heavy atom. The zero-order valence-corrected chi connectivity index (χ0v) is 13.7. The van der Waals surface area contributed by atoms with Gasteiger partial charge in [-0.3, -0.25) is 4.79 Å². The van der Waals surface area contributed by atoms with Gasteiger partial charge >= 0.3 is 5.97 Å². The number of nitrogens with zero attached hydrogens (tertiary/aromatic N) is 2. The first-order chi connectivity index (χ1) is 9.42. The monoisotopic (exact) mass is 345 g/mol. The predicted octanol–water partition coefficient (Wildman–Crippen LogP) is 2.03. The molecular formula is C13H20BrN3O3. The van der Waals surface area contributed by atoms with Crippen LogP contribution < -0.4 is 10.9 Å². The Morgan fingerprint density at radius 3 is 2.70 bits per heavy atom. The Hall–Kier alpha value is -1.37. The molecule has 1 aromatic rings. The van der Waals surface area contributed by atoms with Gasteiger partial charge < -0.3 is 10.1 Å². The number of ether oxygens (including phenoxy) is 1. The van der Waals surface area contributed by atoms with Crippen LogP contribution in [0.25, 0.3) is 0 Å². The smallest absolute Gasteiger partial charge is 0.328 e. The molecule has 1 unspecified atom stereocenters. The van der Waals surface area contributed by atoms with E-state index in [0.29, 0.717) is 16.7 Å². The van der Waals surface area contributed by atoms with Gasteiger partial charge in [-0.1, -0.05) is 20.8 Å². The maximum absolute atomic E-state index is 12.1. The number of aryl methyl sites for hydroxylation is 1. The highest BCUT2D eigenvalue weighted by Gasteiger charge is 2.24. The van der Waals surface area contributed by atoms with E-state index < -0.39 is 6.04 Å². The number of aromatic nitrogens is 2. The summed E-state index contributed by atoms with van der Waals surface area (Å²) in [5, 5.41) is 7.10. The number of carbonyl (C=O) groups excluding carboxylic acids is 1. The zero-order valence-electron chi connectivity index (χ0n) is 12.1. The molecule has 1 heterocycles. The van der Waals surface area contributed by atoms with Gasteiger partial charge in [0.15, 0.2) is 0 Å². The minimum Gasteiger partial charge on any atom is -0.467 e. The molecule has 0 saturated heterocycles. The zero-order chi connectivity index (χ0) is 15.3. The summed E-state index contributed by atoms with van der Waals surface area (Å²) < 4.78 is 6.52. The fourth-order valence-electron chi connectivity index (χ4n) is 1.73. The van der Waals surface area contributed by atoms with Crippen LogP contribution in [0.15, 0.2) is 15.5 Å². The minimum absolute atomic E-state index is 0.0208. The van der Waals surface area contributed by atoms with Crippen molar-refractivity contribution in [3.8, 4) is 0 Å². The Labute approximate surface area is 126 Å². The molecular weight excluding hydrogens is 326 g/mol. The van der Waals surface area contributed by atoms with E-state index in [-0.39, 0.29) is 17.4 Å². The molecule has 0 aliphatic heterocycles. The van der Waals surface area contributed by atoms with E-state index in [2.05, 4.69) is 26.3 Å². The maximum atomic E-state index is 12.1. The van der Waals surface area contributed by atoms with E-state index in [1.807, 2.05) is 20.8 Å². The highest BCUT2D eigenvalue weighted by Crippen LogP contribution is 2.20. The minimum atomic E-state index is -0.528. The number of hydrogen-bond donors (Lipinski definition) is 1. The van der Waals surface area contributed by atoms with Crippen molar-refractivity contribution in [2.24, 2.45) is 5.92 Å². The van der Waals surface area contributed by atoms with E-state index in [4.69, 9.17) is 4.74 Å². The summed E-state index contributed by atoms with van der Waals surface area (Å²) in [6, 6.07) is -0.528. The molecule has 1 atom stereocenters. The van der Waals surface area contributed by atoms with Crippen LogP contribution >= 0.6 is 15.9 Å². The second kappa shape index (κ2) is 7.42. The molecule has 0 fully saturated rings. The average molecular weight is 346 g/mol. The first kappa shape index (κ1) is 16.7. The molecule has 0 aromatic carbocycles. The number of methoxy groups -OCH3 is 1. The van der Waals surface area contributed by atoms with Gasteiger partial charge in [0.05, 0.1) is 19.0 Å². The van der Waals surface area contributed by atoms with E-state index in [1.54, 1.807) is 6.20 Å². The summed E-state index contributed by atoms with van der Waals surface area (Å²) >= 11 is 3.26. The fraction of sp³-hybridized carbons (Fsp3) is 0.615. The second-order valence-corrected chi connectivity index (χ2v) is 5.58. The number of nitrogens with one attached hydrogen (secondary N) is 1. The van der Waals surface area contributed by atoms with Gasteiger partial charge in [-0.25, -0.2) is 9.48 Å². The lowest BCUT2D eigenvalue weighted by atomic mass is 10.0. The number of carbonyl (C=O) groups is 1. The average Bonchev–Trinajstić information content (AvgIpc) is 2.42. The van der Waals surface area contributed by atoms with E-state index >= 15 is 0 Å². The summed E-state index contributed by atoms with van der Waals surface area (Å²) in [6.07, 6.45) is 2.36. The number of halogens is 1. The normalized spacial score (nSPS) is 12.3. The lowest BCUT2D eigenvalue weighted by Crippen LogP contribution is -2.36. The molecule has 7 heteroatoms. The van der Waals surface area contributed by atoms with Crippen LogP contribution in [0.2, 0.25) is 0 Å². The third kappa shape index (κ3) is 3.82. The van der Waals surface area contributed by atoms with E-state index in [9.17, 15) is 9.59 Å². The third-order valence-electron chi connectivity index (χ3n) is 2.85. The van der Waals surface area contributed by atoms with Crippen molar-refractivity contribution in [1.29, 1.82) is 0 Å². The van der Waals surface area contributed by atoms with Crippen LogP contribution in [0.1, 0.15) is 27.2 Å². The first-order valence-corrected chi connectivity index (χ1v) is 7.31. The van der Waals surface area contributed by atoms with Crippen LogP contribution in [0.4, 0.5) is 5.69 Å². The largest absolute Gasteiger partial charge is 0.467 e. The van der Waals surface area contributed by atoms with Crippen LogP contribution in [0.3, 0.4) is 0 Å². The molecule has 0 radical (unpaired) electrons. The summed E-state index contributed by atoms with van der Waals surface area (Å²) in [4.78, 5) is 23.8. The molecule has 1 rings (SSSR count). The molecule has 0 aliphatic carbocycles. The van der Waals surface area contributed by atoms with Gasteiger partial charge in [0, 0.05) is 6.54 Å². The van der Waals surface area contributed by atoms with Gasteiger partial charge in [0.1, 0.15) is 10.5 Å². The van der Waals surface area contributed by atoms with Crippen molar-refractivity contribution in [1.82, 2.24) is 9.78 Å². The van der Waals surface area contributed by atoms with Crippen molar-refractivity contribution in [2.75, 3.05) is 12.4 Å². The highest BCUT2D eigenvalue weighted by molar-refractivity contribution is 9.10. The van der Waals surface area contributed by atoms with Crippen LogP contribution in [0, 0.1) is 5.92 Å². The summed E-state index contributed by atoms with van der Waals surface area (Å²) in [7, 11) is 1.34. The number of anilines is 1. The predicted molar refractivity (Wildman–Crippen MR) is 80.8 cm³/mol. The summed E-state index contributed by atoms with van der Waals surface area (Å²) in [5.74, 6) is -0.350. The van der Waals surface area contributed by atoms with Crippen molar-refractivity contribution in [3.63, 3.8) is 0 Å². The molecule has 0 spiro atoms. The van der Waals surface area contributed by atoms with Crippen molar-refractivity contribution >= 4 is 27.6 Å². The maximum Gasteiger partial charge on any atom is 0.328 e. The fourth-order valence-corrected chi connectivity index (χ4v) is 2.15. The van der Waals surface area contributed by atoms with Crippen molar-refractivity contribution in [2.45, 2.75) is 39.8 Å². The van der Waals surface area contributed by atoms with E-state index in [1.165, 1.54) is 11.8 Å². The Balaban J connectivity index is 3.06. The molecule has 0 amide bonds. The molecule has 1 N–H and O–H groups in total. The standard InChI is InChI=1S/C13H20BrN3O3/c1-5-6-17-12(18)10(14)9(7-15-17)16-11(8(2)3)13(19)20-4/h7-8,11,16H,5-6H2,1-4H3. The number of hydrogen-bond acceptors (Lipinski definition) is 5. The Bertz CT molecular complexity index is 528. The third-order valence-corrected chi connectivity index (χ3v) is 3.62. The quantitative estimate of drug-likeness (QED) is 0.798. The SMILES string of the molecule is CCCn1ncc(NC(C(=O)OC)C(C)C)c(Br)c1=O. The Morgan fingerprint density at radius 1 is 1.55 bits per heavy atom. The lowest BCUT2D eigenvalue weighted by molar-refractivity contribution is -0.142. The summed E-state index contributed by atoms with van der Waals surface area (Å²) in [5.41, 5.74) is 0.274. The summed E-state index contributed by atoms with van der Waals surface area (Å²) in [6.45, 7) is 6.32. The highest BCUT2D eigenvalue weighted by atomic mass is 79.9. The lowest BCUT2D eigenvalue weighted by Gasteiger charge is -2.21. The number of esters is 1. The van der Waals surface area contributed by atoms with Gasteiger partial charge in [-0.2, -0.15) is 5.10 Å². The van der Waals surface area contributed by atoms with Gasteiger partial charge in [0.2, 0.25) is 0 Å². The topological polar surface area (TPSA) is 73.2 Å². The van der Waals surface area contributed by atoms with Gasteiger partial charge in [-0.15, -0.1) is 0 Å². The first-order valence-electron chi connectivity index (χ1n) is 6.52.